The maximum absolute atomic E-state index is 8.58. The van der Waals surface area contributed by atoms with Gasteiger partial charge in [0.15, 0.2) is 0 Å². The van der Waals surface area contributed by atoms with E-state index in [0.29, 0.717) is 0 Å². The zero-order valence-electron chi connectivity index (χ0n) is 9.52. The van der Waals surface area contributed by atoms with E-state index in [0.717, 1.165) is 0 Å². The van der Waals surface area contributed by atoms with Crippen LogP contribution in [0.1, 0.15) is 0 Å². The van der Waals surface area contributed by atoms with Gasteiger partial charge in [-0.05, 0) is 0 Å². The molecule has 0 aliphatic rings. The Bertz CT molecular complexity index is 211. The summed E-state index contributed by atoms with van der Waals surface area (Å²) >= 11 is -20.4. The third-order valence-electron chi connectivity index (χ3n) is 0. The Balaban J connectivity index is -0.0000000250. The molecule has 0 spiro atoms. The van der Waals surface area contributed by atoms with E-state index in [1.807, 2.05) is 0 Å². The van der Waals surface area contributed by atoms with Crippen molar-refractivity contribution in [2.24, 2.45) is 0 Å². The second kappa shape index (κ2) is 39.6. The zero-order chi connectivity index (χ0) is 17.9. The summed E-state index contributed by atoms with van der Waals surface area (Å²) in [4.78, 5) is 0. The van der Waals surface area contributed by atoms with Crippen LogP contribution >= 0.6 is 0 Å². The van der Waals surface area contributed by atoms with Crippen LogP contribution in [-0.4, -0.2) is 0 Å². The van der Waals surface area contributed by atoms with Gasteiger partial charge in [0.1, 0.15) is 0 Å². The van der Waals surface area contributed by atoms with E-state index in [9.17, 15) is 0 Å². The Morgan fingerprint density at radius 2 is 0.318 bits per heavy atom. The zero-order valence-corrected chi connectivity index (χ0v) is 21.7. The third kappa shape index (κ3) is 910. The fourth-order valence-electron chi connectivity index (χ4n) is 0. The Hall–Kier alpha value is 3.65. The molecule has 0 saturated heterocycles. The van der Waals surface area contributed by atoms with Crippen LogP contribution in [0.2, 0.25) is 0 Å². The van der Waals surface area contributed by atoms with Crippen molar-refractivity contribution in [2.45, 2.75) is 0 Å². The molecule has 0 saturated carbocycles. The molecule has 15 nitrogen and oxygen atoms in total. The van der Waals surface area contributed by atoms with Gasteiger partial charge in [-0.15, -0.1) is 0 Å². The number of rotatable bonds is 0. The molecule has 0 heterocycles. The Kier molecular flexibility index (Phi) is 80.7. The van der Waals surface area contributed by atoms with E-state index in [1.54, 1.807) is 0 Å². The third-order valence-corrected chi connectivity index (χ3v) is 0. The standard InChI is InChI=1S/2Nb.15O.5Ti/q2*+5;;;;;;10*-1;;;;;. The Morgan fingerprint density at radius 3 is 0.318 bits per heavy atom. The number of hydrogen-bond donors (Lipinski definition) is 0. The van der Waals surface area contributed by atoms with Crippen molar-refractivity contribution in [1.82, 2.24) is 0 Å². The van der Waals surface area contributed by atoms with Crippen molar-refractivity contribution in [3.8, 4) is 0 Å². The van der Waals surface area contributed by atoms with Gasteiger partial charge in [0.05, 0.1) is 0 Å². The monoisotopic (exact) mass is 665 g/mol. The second-order valence-electron chi connectivity index (χ2n) is 1.25. The summed E-state index contributed by atoms with van der Waals surface area (Å²) in [5.74, 6) is 0. The second-order valence-corrected chi connectivity index (χ2v) is 5.15. The van der Waals surface area contributed by atoms with E-state index in [1.165, 1.54) is 0 Å². The topological polar surface area (TPSA) is 316 Å². The van der Waals surface area contributed by atoms with Crippen LogP contribution in [0, 0.1) is 0 Å². The predicted octanol–water partition coefficient (Wildman–Crippen LogP) is -12.5. The van der Waals surface area contributed by atoms with Crippen molar-refractivity contribution in [3.05, 3.63) is 0 Å². The van der Waals surface area contributed by atoms with E-state index < -0.39 is 93.1 Å². The van der Waals surface area contributed by atoms with E-state index >= 15 is 0 Å². The van der Waals surface area contributed by atoms with Gasteiger partial charge in [-0.1, -0.05) is 0 Å². The summed E-state index contributed by atoms with van der Waals surface area (Å²) in [5, 5.41) is 0. The molecule has 0 atom stereocenters. The fourth-order valence-corrected chi connectivity index (χ4v) is 0. The van der Waals surface area contributed by atoms with Gasteiger partial charge in [0.25, 0.3) is 0 Å². The Morgan fingerprint density at radius 1 is 0.318 bits per heavy atom. The van der Waals surface area contributed by atoms with Crippen LogP contribution in [0.25, 0.3) is 0 Å². The average molecular weight is 665 g/mol. The molecular formula is Nb2O15Ti5. The molecule has 0 fully saturated rings. The summed E-state index contributed by atoms with van der Waals surface area (Å²) < 4.78 is 129. The van der Waals surface area contributed by atoms with Crippen LogP contribution in [0.3, 0.4) is 0 Å². The molecule has 0 N–H and O–H groups in total. The molecule has 0 unspecified atom stereocenters. The molecule has 22 heavy (non-hydrogen) atoms. The summed E-state index contributed by atoms with van der Waals surface area (Å²) in [6, 6.07) is 0. The molecular weight excluding hydrogens is 665 g/mol. The van der Waals surface area contributed by atoms with Gasteiger partial charge < -0.3 is 0 Å². The first-order chi connectivity index (χ1) is 8.66. The first-order valence-corrected chi connectivity index (χ1v) is 12.6. The van der Waals surface area contributed by atoms with Crippen LogP contribution in [-0.2, 0) is 154 Å². The minimum absolute atomic E-state index is 0. The van der Waals surface area contributed by atoms with Crippen molar-refractivity contribution < 1.29 is 191 Å². The molecule has 120 valence electrons. The minimum atomic E-state index is -4.08. The van der Waals surface area contributed by atoms with E-state index in [2.05, 4.69) is 0 Å². The molecule has 0 radical (unpaired) electrons. The molecule has 0 bridgehead atoms. The van der Waals surface area contributed by atoms with Gasteiger partial charge in [0, 0.05) is 0 Å². The van der Waals surface area contributed by atoms with Gasteiger partial charge in [0.2, 0.25) is 0 Å². The summed E-state index contributed by atoms with van der Waals surface area (Å²) in [7, 11) is 0. The normalized spacial score (nSPS) is 5.91. The molecule has 0 aromatic heterocycles. The average Bonchev–Trinajstić information content (AvgIpc) is 1.94. The number of hydrogen-bond acceptors (Lipinski definition) is 15. The van der Waals surface area contributed by atoms with Crippen LogP contribution in [0.4, 0.5) is 0 Å². The van der Waals surface area contributed by atoms with Gasteiger partial charge in [-0.25, -0.2) is 0 Å². The van der Waals surface area contributed by atoms with E-state index in [-0.39, 0.29) is 44.8 Å². The van der Waals surface area contributed by atoms with Crippen molar-refractivity contribution in [2.75, 3.05) is 0 Å². The molecule has 0 amide bonds. The van der Waals surface area contributed by atoms with Gasteiger partial charge in [-0.3, -0.25) is 0 Å². The van der Waals surface area contributed by atoms with Gasteiger partial charge >= 0.3 is 191 Å². The molecule has 0 aliphatic carbocycles. The molecule has 22 heteroatoms. The van der Waals surface area contributed by atoms with Crippen LogP contribution < -0.4 is 36.9 Å². The first-order valence-electron chi connectivity index (χ1n) is 3.06. The maximum atomic E-state index is 8.58. The van der Waals surface area contributed by atoms with Crippen LogP contribution in [0.5, 0.6) is 0 Å². The van der Waals surface area contributed by atoms with E-state index in [4.69, 9.17) is 53.5 Å². The van der Waals surface area contributed by atoms with Gasteiger partial charge in [-0.2, -0.15) is 0 Å². The molecule has 0 aromatic carbocycles. The van der Waals surface area contributed by atoms with Crippen LogP contribution in [0.15, 0.2) is 0 Å². The summed E-state index contributed by atoms with van der Waals surface area (Å²) in [6.07, 6.45) is 0. The SMILES string of the molecule is [Nb+5].[Nb+5].[O]=[Ti]([O-])[O-].[O]=[Ti]([O-])[O-].[O]=[Ti]([O-])[O-].[O]=[Ti]([O-])[O-].[O]=[Ti]([O-])[O-]. The van der Waals surface area contributed by atoms with Crippen molar-refractivity contribution in [3.63, 3.8) is 0 Å². The fraction of sp³-hybridized carbons (Fsp3) is 0. The predicted molar refractivity (Wildman–Crippen MR) is 3.43 cm³/mol. The van der Waals surface area contributed by atoms with Crippen molar-refractivity contribution >= 4 is 0 Å². The van der Waals surface area contributed by atoms with Crippen molar-refractivity contribution in [1.29, 1.82) is 0 Å². The summed E-state index contributed by atoms with van der Waals surface area (Å²) in [6.45, 7) is 0. The quantitative estimate of drug-likeness (QED) is 0.217. The first kappa shape index (κ1) is 44.8. The molecule has 0 rings (SSSR count). The molecule has 0 aliphatic heterocycles. The molecule has 0 aromatic rings. The Labute approximate surface area is 188 Å². The summed E-state index contributed by atoms with van der Waals surface area (Å²) in [5.41, 5.74) is 0.